The lowest BCUT2D eigenvalue weighted by Gasteiger charge is -2.04. The Kier molecular flexibility index (Phi) is 3.66. The summed E-state index contributed by atoms with van der Waals surface area (Å²) in [6, 6.07) is 9.05. The van der Waals surface area contributed by atoms with E-state index in [1.807, 2.05) is 6.08 Å². The normalized spacial score (nSPS) is 10.9. The van der Waals surface area contributed by atoms with Gasteiger partial charge < -0.3 is 0 Å². The van der Waals surface area contributed by atoms with E-state index in [2.05, 4.69) is 73.1 Å². The van der Waals surface area contributed by atoms with Crippen LogP contribution in [0.2, 0.25) is 0 Å². The molecule has 0 saturated carbocycles. The molecule has 1 aromatic carbocycles. The highest BCUT2D eigenvalue weighted by molar-refractivity contribution is 5.47. The minimum absolute atomic E-state index is 0.509. The molecule has 0 spiro atoms. The van der Waals surface area contributed by atoms with Crippen LogP contribution in [0, 0.1) is 6.92 Å². The predicted octanol–water partition coefficient (Wildman–Crippen LogP) is 3.36. The van der Waals surface area contributed by atoms with Crippen molar-refractivity contribution in [1.29, 1.82) is 0 Å². The molecule has 2 aromatic rings. The predicted molar refractivity (Wildman–Crippen MR) is 75.4 cm³/mol. The fraction of sp³-hybridized carbons (Fsp3) is 0.312. The van der Waals surface area contributed by atoms with Gasteiger partial charge in [0, 0.05) is 6.92 Å². The van der Waals surface area contributed by atoms with E-state index in [4.69, 9.17) is 0 Å². The molecule has 18 heavy (non-hydrogen) atoms. The molecule has 0 aliphatic carbocycles. The van der Waals surface area contributed by atoms with Gasteiger partial charge in [0.25, 0.3) is 5.82 Å². The van der Waals surface area contributed by atoms with E-state index in [1.54, 1.807) is 0 Å². The Labute approximate surface area is 109 Å². The van der Waals surface area contributed by atoms with E-state index in [1.165, 1.54) is 17.0 Å². The van der Waals surface area contributed by atoms with Crippen molar-refractivity contribution in [1.82, 2.24) is 4.57 Å². The smallest absolute Gasteiger partial charge is 0.232 e. The molecule has 0 aliphatic rings. The van der Waals surface area contributed by atoms with Gasteiger partial charge in [-0.15, -0.1) is 0 Å². The van der Waals surface area contributed by atoms with E-state index in [-0.39, 0.29) is 0 Å². The van der Waals surface area contributed by atoms with E-state index in [9.17, 15) is 0 Å². The van der Waals surface area contributed by atoms with Crippen molar-refractivity contribution in [2.45, 2.75) is 33.4 Å². The molecule has 0 saturated heterocycles. The van der Waals surface area contributed by atoms with Crippen LogP contribution in [-0.2, 0) is 6.54 Å². The zero-order valence-electron chi connectivity index (χ0n) is 11.4. The first-order chi connectivity index (χ1) is 8.61. The maximum atomic E-state index is 3.77. The Bertz CT molecular complexity index is 533. The Morgan fingerprint density at radius 2 is 1.94 bits per heavy atom. The van der Waals surface area contributed by atoms with Gasteiger partial charge in [0.05, 0.1) is 6.04 Å². The summed E-state index contributed by atoms with van der Waals surface area (Å²) < 4.78 is 4.57. The van der Waals surface area contributed by atoms with Gasteiger partial charge in [-0.2, -0.15) is 0 Å². The Hall–Kier alpha value is -1.83. The quantitative estimate of drug-likeness (QED) is 0.726. The molecular weight excluding hydrogens is 220 g/mol. The number of benzene rings is 1. The van der Waals surface area contributed by atoms with Crippen LogP contribution in [0.25, 0.3) is 6.08 Å². The van der Waals surface area contributed by atoms with E-state index in [0.717, 1.165) is 6.54 Å². The molecule has 0 radical (unpaired) electrons. The summed E-state index contributed by atoms with van der Waals surface area (Å²) in [6.07, 6.45) is 6.17. The molecule has 0 amide bonds. The lowest BCUT2D eigenvalue weighted by atomic mass is 10.1. The molecule has 1 heterocycles. The van der Waals surface area contributed by atoms with Crippen LogP contribution in [0.5, 0.6) is 0 Å². The zero-order chi connectivity index (χ0) is 13.1. The third-order valence-corrected chi connectivity index (χ3v) is 3.32. The molecule has 0 fully saturated rings. The summed E-state index contributed by atoms with van der Waals surface area (Å²) in [4.78, 5) is 0. The third-order valence-electron chi connectivity index (χ3n) is 3.32. The fourth-order valence-corrected chi connectivity index (χ4v) is 2.19. The third kappa shape index (κ3) is 2.53. The standard InChI is InChI=1S/C16H21N2/c1-5-15-6-8-16(9-7-15)12-17-10-11-18(13(2)3)14(17)4/h5-11,13H,1,12H2,2-4H3/q+1. The second kappa shape index (κ2) is 5.21. The van der Waals surface area contributed by atoms with Gasteiger partial charge in [-0.1, -0.05) is 36.9 Å². The maximum Gasteiger partial charge on any atom is 0.253 e. The number of imidazole rings is 1. The van der Waals surface area contributed by atoms with Gasteiger partial charge in [-0.05, 0) is 25.0 Å². The lowest BCUT2D eigenvalue weighted by Crippen LogP contribution is -2.36. The molecule has 2 rings (SSSR count). The second-order valence-corrected chi connectivity index (χ2v) is 4.92. The van der Waals surface area contributed by atoms with Gasteiger partial charge in [-0.3, -0.25) is 0 Å². The van der Waals surface area contributed by atoms with E-state index in [0.29, 0.717) is 6.04 Å². The average Bonchev–Trinajstić information content (AvgIpc) is 2.72. The number of hydrogen-bond acceptors (Lipinski definition) is 0. The molecular formula is C16H21N2+. The molecule has 2 nitrogen and oxygen atoms in total. The van der Waals surface area contributed by atoms with Crippen molar-refractivity contribution in [2.75, 3.05) is 0 Å². The molecule has 2 heteroatoms. The van der Waals surface area contributed by atoms with Crippen LogP contribution >= 0.6 is 0 Å². The first kappa shape index (κ1) is 12.6. The monoisotopic (exact) mass is 241 g/mol. The van der Waals surface area contributed by atoms with Gasteiger partial charge in [-0.25, -0.2) is 9.13 Å². The minimum atomic E-state index is 0.509. The SMILES string of the molecule is C=Cc1ccc(C[n+]2ccn(C(C)C)c2C)cc1. The lowest BCUT2D eigenvalue weighted by molar-refractivity contribution is -0.694. The summed E-state index contributed by atoms with van der Waals surface area (Å²) in [6.45, 7) is 11.3. The fourth-order valence-electron chi connectivity index (χ4n) is 2.19. The van der Waals surface area contributed by atoms with Gasteiger partial charge in [0.1, 0.15) is 18.9 Å². The second-order valence-electron chi connectivity index (χ2n) is 4.92. The first-order valence-corrected chi connectivity index (χ1v) is 6.40. The molecule has 0 atom stereocenters. The summed E-state index contributed by atoms with van der Waals surface area (Å²) in [5.74, 6) is 1.29. The highest BCUT2D eigenvalue weighted by Gasteiger charge is 2.14. The molecule has 0 unspecified atom stereocenters. The summed E-state index contributed by atoms with van der Waals surface area (Å²) >= 11 is 0. The number of hydrogen-bond donors (Lipinski definition) is 0. The van der Waals surface area contributed by atoms with Crippen LogP contribution in [0.3, 0.4) is 0 Å². The van der Waals surface area contributed by atoms with Crippen molar-refractivity contribution in [3.63, 3.8) is 0 Å². The van der Waals surface area contributed by atoms with Gasteiger partial charge in [0.15, 0.2) is 0 Å². The number of aromatic nitrogens is 2. The average molecular weight is 241 g/mol. The van der Waals surface area contributed by atoms with Crippen LogP contribution in [0.15, 0.2) is 43.2 Å². The molecule has 0 aliphatic heterocycles. The maximum absolute atomic E-state index is 3.77. The van der Waals surface area contributed by atoms with Crippen LogP contribution in [0.4, 0.5) is 0 Å². The summed E-state index contributed by atoms with van der Waals surface area (Å²) in [5.41, 5.74) is 2.48. The Morgan fingerprint density at radius 1 is 1.28 bits per heavy atom. The van der Waals surface area contributed by atoms with Gasteiger partial charge >= 0.3 is 0 Å². The van der Waals surface area contributed by atoms with Crippen molar-refractivity contribution < 1.29 is 4.57 Å². The zero-order valence-corrected chi connectivity index (χ0v) is 11.4. The highest BCUT2D eigenvalue weighted by Crippen LogP contribution is 2.08. The van der Waals surface area contributed by atoms with Crippen molar-refractivity contribution in [3.8, 4) is 0 Å². The van der Waals surface area contributed by atoms with Crippen molar-refractivity contribution >= 4 is 6.08 Å². The topological polar surface area (TPSA) is 8.81 Å². The van der Waals surface area contributed by atoms with Crippen molar-refractivity contribution in [3.05, 3.63) is 60.2 Å². The molecule has 0 bridgehead atoms. The summed E-state index contributed by atoms with van der Waals surface area (Å²) in [7, 11) is 0. The minimum Gasteiger partial charge on any atom is -0.232 e. The summed E-state index contributed by atoms with van der Waals surface area (Å²) in [5, 5.41) is 0. The van der Waals surface area contributed by atoms with E-state index < -0.39 is 0 Å². The van der Waals surface area contributed by atoms with Crippen LogP contribution in [0.1, 0.15) is 36.8 Å². The Balaban J connectivity index is 2.20. The molecule has 1 aromatic heterocycles. The van der Waals surface area contributed by atoms with Gasteiger partial charge in [0.2, 0.25) is 0 Å². The number of nitrogens with zero attached hydrogens (tertiary/aromatic N) is 2. The Morgan fingerprint density at radius 3 is 2.44 bits per heavy atom. The van der Waals surface area contributed by atoms with Crippen LogP contribution < -0.4 is 4.57 Å². The van der Waals surface area contributed by atoms with Crippen molar-refractivity contribution in [2.24, 2.45) is 0 Å². The first-order valence-electron chi connectivity index (χ1n) is 6.40. The molecule has 0 N–H and O–H groups in total. The highest BCUT2D eigenvalue weighted by atomic mass is 15.2. The largest absolute Gasteiger partial charge is 0.253 e. The van der Waals surface area contributed by atoms with Crippen LogP contribution in [-0.4, -0.2) is 4.57 Å². The molecule has 94 valence electrons. The van der Waals surface area contributed by atoms with E-state index >= 15 is 0 Å². The number of rotatable bonds is 4.